The number of aromatic nitrogens is 1. The fourth-order valence-electron chi connectivity index (χ4n) is 2.79. The lowest BCUT2D eigenvalue weighted by Crippen LogP contribution is -2.38. The van der Waals surface area contributed by atoms with Gasteiger partial charge >= 0.3 is 0 Å². The Morgan fingerprint density at radius 3 is 2.82 bits per heavy atom. The molecule has 1 N–H and O–H groups in total. The van der Waals surface area contributed by atoms with E-state index in [2.05, 4.69) is 10.3 Å². The van der Waals surface area contributed by atoms with Gasteiger partial charge in [0.1, 0.15) is 11.6 Å². The second-order valence-corrected chi connectivity index (χ2v) is 8.03. The van der Waals surface area contributed by atoms with Gasteiger partial charge in [-0.25, -0.2) is 9.37 Å². The Bertz CT molecular complexity index is 987. The summed E-state index contributed by atoms with van der Waals surface area (Å²) in [4.78, 5) is 31.7. The minimum Gasteiger partial charge on any atom is -0.484 e. The van der Waals surface area contributed by atoms with Crippen molar-refractivity contribution < 1.29 is 18.7 Å². The quantitative estimate of drug-likeness (QED) is 0.689. The van der Waals surface area contributed by atoms with Gasteiger partial charge in [-0.1, -0.05) is 11.3 Å². The molecule has 144 valence electrons. The zero-order valence-corrected chi connectivity index (χ0v) is 16.3. The molecule has 3 heterocycles. The molecule has 3 aromatic rings. The number of anilines is 1. The molecule has 0 bridgehead atoms. The van der Waals surface area contributed by atoms with Crippen molar-refractivity contribution in [1.29, 1.82) is 0 Å². The van der Waals surface area contributed by atoms with Crippen molar-refractivity contribution in [1.82, 2.24) is 9.88 Å². The first-order chi connectivity index (χ1) is 13.6. The molecule has 0 saturated carbocycles. The lowest BCUT2D eigenvalue weighted by Gasteiger charge is -2.26. The fourth-order valence-corrected chi connectivity index (χ4v) is 4.45. The summed E-state index contributed by atoms with van der Waals surface area (Å²) in [5.41, 5.74) is 1.52. The number of hydrogen-bond acceptors (Lipinski definition) is 6. The van der Waals surface area contributed by atoms with Gasteiger partial charge in [0.05, 0.1) is 17.8 Å². The number of rotatable bonds is 5. The molecule has 6 nitrogen and oxygen atoms in total. The first kappa shape index (κ1) is 18.6. The summed E-state index contributed by atoms with van der Waals surface area (Å²) in [5.74, 6) is -0.238. The number of amides is 2. The van der Waals surface area contributed by atoms with E-state index in [1.165, 1.54) is 46.9 Å². The Labute approximate surface area is 168 Å². The largest absolute Gasteiger partial charge is 0.484 e. The van der Waals surface area contributed by atoms with Crippen LogP contribution in [0, 0.1) is 5.82 Å². The minimum atomic E-state index is -0.352. The minimum absolute atomic E-state index is 0.110. The number of carbonyl (C=O) groups excluding carboxylic acids is 2. The molecule has 2 aromatic heterocycles. The van der Waals surface area contributed by atoms with E-state index in [9.17, 15) is 14.0 Å². The van der Waals surface area contributed by atoms with Crippen LogP contribution in [-0.4, -0.2) is 34.8 Å². The summed E-state index contributed by atoms with van der Waals surface area (Å²) in [6.07, 6.45) is 0.627. The zero-order chi connectivity index (χ0) is 19.5. The molecule has 0 atom stereocenters. The van der Waals surface area contributed by atoms with E-state index in [1.807, 2.05) is 5.38 Å². The third-order valence-corrected chi connectivity index (χ3v) is 5.94. The molecular formula is C19H16FN3O3S2. The van der Waals surface area contributed by atoms with Crippen LogP contribution in [0.15, 0.2) is 41.1 Å². The van der Waals surface area contributed by atoms with Gasteiger partial charge in [-0.15, -0.1) is 0 Å². The van der Waals surface area contributed by atoms with Crippen LogP contribution in [0.1, 0.15) is 20.9 Å². The van der Waals surface area contributed by atoms with E-state index in [1.54, 1.807) is 16.3 Å². The third kappa shape index (κ3) is 4.20. The van der Waals surface area contributed by atoms with Crippen LogP contribution in [0.25, 0.3) is 0 Å². The summed E-state index contributed by atoms with van der Waals surface area (Å²) >= 11 is 2.84. The van der Waals surface area contributed by atoms with Gasteiger partial charge in [-0.05, 0) is 35.7 Å². The number of benzene rings is 1. The molecule has 1 aromatic carbocycles. The predicted molar refractivity (Wildman–Crippen MR) is 105 cm³/mol. The molecule has 1 aliphatic heterocycles. The Morgan fingerprint density at radius 1 is 1.25 bits per heavy atom. The van der Waals surface area contributed by atoms with Gasteiger partial charge in [0.25, 0.3) is 11.8 Å². The summed E-state index contributed by atoms with van der Waals surface area (Å²) < 4.78 is 18.4. The third-order valence-electron chi connectivity index (χ3n) is 4.26. The molecule has 2 amide bonds. The van der Waals surface area contributed by atoms with Crippen molar-refractivity contribution in [2.45, 2.75) is 13.0 Å². The van der Waals surface area contributed by atoms with E-state index >= 15 is 0 Å². The normalized spacial score (nSPS) is 13.1. The maximum absolute atomic E-state index is 12.9. The van der Waals surface area contributed by atoms with E-state index in [0.29, 0.717) is 36.0 Å². The molecule has 0 fully saturated rings. The maximum atomic E-state index is 12.9. The summed E-state index contributed by atoms with van der Waals surface area (Å²) in [7, 11) is 0. The standard InChI is InChI=1S/C19H16FN3O3S2/c20-13-1-3-14(4-2-13)26-10-17(24)23-7-5-15-16(9-23)28-19(21-15)22-18(25)12-6-8-27-11-12/h1-4,6,8,11H,5,7,9-10H2,(H,21,22,25). The Balaban J connectivity index is 1.35. The van der Waals surface area contributed by atoms with E-state index < -0.39 is 0 Å². The lowest BCUT2D eigenvalue weighted by atomic mass is 10.2. The zero-order valence-electron chi connectivity index (χ0n) is 14.7. The van der Waals surface area contributed by atoms with Gasteiger partial charge in [0.15, 0.2) is 11.7 Å². The van der Waals surface area contributed by atoms with Crippen molar-refractivity contribution in [3.8, 4) is 5.75 Å². The number of nitrogens with one attached hydrogen (secondary N) is 1. The summed E-state index contributed by atoms with van der Waals surface area (Å²) in [5, 5.41) is 6.98. The van der Waals surface area contributed by atoms with Crippen molar-refractivity contribution >= 4 is 39.6 Å². The Kier molecular flexibility index (Phi) is 5.36. The Hall–Kier alpha value is -2.78. The highest BCUT2D eigenvalue weighted by Crippen LogP contribution is 2.29. The number of nitrogens with zero attached hydrogens (tertiary/aromatic N) is 2. The molecule has 4 rings (SSSR count). The molecule has 0 spiro atoms. The van der Waals surface area contributed by atoms with E-state index in [4.69, 9.17) is 4.74 Å². The fraction of sp³-hybridized carbons (Fsp3) is 0.211. The van der Waals surface area contributed by atoms with Crippen LogP contribution >= 0.6 is 22.7 Å². The molecule has 28 heavy (non-hydrogen) atoms. The number of carbonyl (C=O) groups is 2. The number of thiazole rings is 1. The topological polar surface area (TPSA) is 71.5 Å². The van der Waals surface area contributed by atoms with Crippen molar-refractivity contribution in [2.75, 3.05) is 18.5 Å². The number of thiophene rings is 1. The second kappa shape index (κ2) is 8.07. The molecule has 0 saturated heterocycles. The van der Waals surface area contributed by atoms with Gasteiger partial charge < -0.3 is 9.64 Å². The first-order valence-electron chi connectivity index (χ1n) is 8.57. The predicted octanol–water partition coefficient (Wildman–Crippen LogP) is 3.56. The van der Waals surface area contributed by atoms with Crippen LogP contribution in [0.5, 0.6) is 5.75 Å². The van der Waals surface area contributed by atoms with Crippen molar-refractivity contribution in [2.24, 2.45) is 0 Å². The van der Waals surface area contributed by atoms with Crippen molar-refractivity contribution in [3.63, 3.8) is 0 Å². The van der Waals surface area contributed by atoms with Crippen LogP contribution in [0.2, 0.25) is 0 Å². The second-order valence-electron chi connectivity index (χ2n) is 6.16. The molecule has 9 heteroatoms. The first-order valence-corrected chi connectivity index (χ1v) is 10.3. The maximum Gasteiger partial charge on any atom is 0.260 e. The molecule has 0 aliphatic carbocycles. The molecular weight excluding hydrogens is 401 g/mol. The molecule has 1 aliphatic rings. The highest BCUT2D eigenvalue weighted by Gasteiger charge is 2.25. The van der Waals surface area contributed by atoms with Crippen LogP contribution in [0.3, 0.4) is 0 Å². The van der Waals surface area contributed by atoms with Crippen LogP contribution < -0.4 is 10.1 Å². The van der Waals surface area contributed by atoms with Gasteiger partial charge in [-0.2, -0.15) is 11.3 Å². The van der Waals surface area contributed by atoms with E-state index in [0.717, 1.165) is 10.6 Å². The van der Waals surface area contributed by atoms with Gasteiger partial charge in [0, 0.05) is 23.2 Å². The van der Waals surface area contributed by atoms with Gasteiger partial charge in [-0.3, -0.25) is 14.9 Å². The van der Waals surface area contributed by atoms with Crippen LogP contribution in [0.4, 0.5) is 9.52 Å². The summed E-state index contributed by atoms with van der Waals surface area (Å²) in [6, 6.07) is 7.31. The molecule has 0 radical (unpaired) electrons. The smallest absolute Gasteiger partial charge is 0.260 e. The number of halogens is 1. The SMILES string of the molecule is O=C(Nc1nc2c(s1)CN(C(=O)COc1ccc(F)cc1)CC2)c1ccsc1. The Morgan fingerprint density at radius 2 is 2.07 bits per heavy atom. The van der Waals surface area contributed by atoms with Gasteiger partial charge in [0.2, 0.25) is 0 Å². The average molecular weight is 417 g/mol. The monoisotopic (exact) mass is 417 g/mol. The lowest BCUT2D eigenvalue weighted by molar-refractivity contribution is -0.134. The summed E-state index contributed by atoms with van der Waals surface area (Å²) in [6.45, 7) is 0.870. The van der Waals surface area contributed by atoms with Crippen LogP contribution in [-0.2, 0) is 17.8 Å². The number of hydrogen-bond donors (Lipinski definition) is 1. The number of fused-ring (bicyclic) bond motifs is 1. The molecule has 0 unspecified atom stereocenters. The number of ether oxygens (including phenoxy) is 1. The highest BCUT2D eigenvalue weighted by molar-refractivity contribution is 7.16. The highest BCUT2D eigenvalue weighted by atomic mass is 32.1. The van der Waals surface area contributed by atoms with E-state index in [-0.39, 0.29) is 24.2 Å². The van der Waals surface area contributed by atoms with Crippen molar-refractivity contribution in [3.05, 3.63) is 63.0 Å². The average Bonchev–Trinajstić information content (AvgIpc) is 3.36.